The molecule has 1 aromatic rings. The van der Waals surface area contributed by atoms with Crippen LogP contribution in [0.5, 0.6) is 0 Å². The molecule has 4 rings (SSSR count). The summed E-state index contributed by atoms with van der Waals surface area (Å²) in [5, 5.41) is 8.97. The molecule has 0 amide bonds. The van der Waals surface area contributed by atoms with Crippen molar-refractivity contribution in [3.8, 4) is 0 Å². The van der Waals surface area contributed by atoms with E-state index in [4.69, 9.17) is 14.8 Å². The van der Waals surface area contributed by atoms with Crippen LogP contribution in [0.25, 0.3) is 5.70 Å². The Morgan fingerprint density at radius 2 is 1.73 bits per heavy atom. The molecule has 0 aromatic heterocycles. The number of aliphatic hydroxyl groups is 1. The minimum atomic E-state index is 0.208. The molecule has 0 saturated carbocycles. The van der Waals surface area contributed by atoms with Crippen molar-refractivity contribution >= 4 is 11.6 Å². The number of aliphatic hydroxyl groups excluding tert-OH is 1. The van der Waals surface area contributed by atoms with Gasteiger partial charge in [-0.25, -0.2) is 4.99 Å². The van der Waals surface area contributed by atoms with Gasteiger partial charge < -0.3 is 14.7 Å². The molecule has 1 aromatic carbocycles. The second kappa shape index (κ2) is 10.3. The summed E-state index contributed by atoms with van der Waals surface area (Å²) in [6, 6.07) is 7.07. The maximum atomic E-state index is 8.97. The summed E-state index contributed by atoms with van der Waals surface area (Å²) in [6.07, 6.45) is 11.1. The van der Waals surface area contributed by atoms with Crippen molar-refractivity contribution in [1.82, 2.24) is 4.90 Å². The first kappa shape index (κ1) is 24.5. The van der Waals surface area contributed by atoms with Gasteiger partial charge in [0.25, 0.3) is 0 Å². The van der Waals surface area contributed by atoms with E-state index in [0.29, 0.717) is 12.5 Å². The van der Waals surface area contributed by atoms with Crippen LogP contribution in [-0.4, -0.2) is 48.8 Å². The van der Waals surface area contributed by atoms with Crippen molar-refractivity contribution in [2.75, 3.05) is 32.8 Å². The molecule has 2 heterocycles. The summed E-state index contributed by atoms with van der Waals surface area (Å²) >= 11 is 0. The molecule has 4 heteroatoms. The zero-order valence-electron chi connectivity index (χ0n) is 21.3. The number of ether oxygens (including phenoxy) is 1. The summed E-state index contributed by atoms with van der Waals surface area (Å²) in [7, 11) is 0. The number of piperidine rings is 1. The Hall–Kier alpha value is -1.65. The number of hydrogen-bond donors (Lipinski definition) is 1. The van der Waals surface area contributed by atoms with Gasteiger partial charge in [0, 0.05) is 24.5 Å². The number of likely N-dealkylation sites (tertiary alicyclic amines) is 1. The molecule has 0 atom stereocenters. The molecule has 2 aliphatic heterocycles. The number of rotatable bonds is 7. The van der Waals surface area contributed by atoms with Crippen molar-refractivity contribution in [1.29, 1.82) is 0 Å². The van der Waals surface area contributed by atoms with E-state index in [0.717, 1.165) is 69.9 Å². The van der Waals surface area contributed by atoms with Crippen LogP contribution in [0.3, 0.4) is 0 Å². The molecule has 0 spiro atoms. The largest absolute Gasteiger partial charge is 0.480 e. The van der Waals surface area contributed by atoms with Gasteiger partial charge in [0.15, 0.2) is 5.90 Å². The highest BCUT2D eigenvalue weighted by atomic mass is 16.5. The molecule has 1 fully saturated rings. The second-order valence-electron chi connectivity index (χ2n) is 11.6. The van der Waals surface area contributed by atoms with Crippen LogP contribution in [-0.2, 0) is 15.6 Å². The van der Waals surface area contributed by atoms with Gasteiger partial charge in [-0.1, -0.05) is 45.9 Å². The predicted molar refractivity (Wildman–Crippen MR) is 138 cm³/mol. The van der Waals surface area contributed by atoms with Crippen molar-refractivity contribution in [3.05, 3.63) is 41.0 Å². The Kier molecular flexibility index (Phi) is 7.65. The molecule has 0 unspecified atom stereocenters. The zero-order chi connectivity index (χ0) is 23.5. The van der Waals surface area contributed by atoms with Crippen molar-refractivity contribution in [2.24, 2.45) is 10.9 Å². The van der Waals surface area contributed by atoms with Crippen molar-refractivity contribution in [2.45, 2.75) is 89.9 Å². The van der Waals surface area contributed by atoms with E-state index in [-0.39, 0.29) is 10.8 Å². The number of aliphatic imine (C=N–C) groups is 1. The number of benzene rings is 1. The Morgan fingerprint density at radius 3 is 2.45 bits per heavy atom. The molecular weight excluding hydrogens is 408 g/mol. The van der Waals surface area contributed by atoms with E-state index in [1.807, 2.05) is 0 Å². The molecule has 1 N–H and O–H groups in total. The topological polar surface area (TPSA) is 45.1 Å². The summed E-state index contributed by atoms with van der Waals surface area (Å²) in [6.45, 7) is 14.0. The molecule has 4 nitrogen and oxygen atoms in total. The van der Waals surface area contributed by atoms with Crippen LogP contribution in [0.4, 0.5) is 0 Å². The molecule has 0 bridgehead atoms. The van der Waals surface area contributed by atoms with Gasteiger partial charge in [0.2, 0.25) is 0 Å². The van der Waals surface area contributed by atoms with E-state index >= 15 is 0 Å². The maximum Gasteiger partial charge on any atom is 0.191 e. The Labute approximate surface area is 201 Å². The fourth-order valence-electron chi connectivity index (χ4n) is 5.72. The molecular formula is C29H44N2O2. The Bertz CT molecular complexity index is 876. The lowest BCUT2D eigenvalue weighted by Crippen LogP contribution is -2.37. The van der Waals surface area contributed by atoms with Crippen molar-refractivity contribution in [3.63, 3.8) is 0 Å². The lowest BCUT2D eigenvalue weighted by Gasteiger charge is -2.42. The van der Waals surface area contributed by atoms with Gasteiger partial charge >= 0.3 is 0 Å². The third-order valence-electron chi connectivity index (χ3n) is 8.15. The monoisotopic (exact) mass is 452 g/mol. The van der Waals surface area contributed by atoms with E-state index in [9.17, 15) is 0 Å². The number of fused-ring (bicyclic) bond motifs is 1. The Morgan fingerprint density at radius 1 is 1.00 bits per heavy atom. The molecule has 0 radical (unpaired) electrons. The average molecular weight is 453 g/mol. The van der Waals surface area contributed by atoms with Gasteiger partial charge in [-0.2, -0.15) is 0 Å². The van der Waals surface area contributed by atoms with Gasteiger partial charge in [-0.3, -0.25) is 0 Å². The quantitative estimate of drug-likeness (QED) is 0.511. The average Bonchev–Trinajstić information content (AvgIpc) is 3.07. The molecule has 182 valence electrons. The van der Waals surface area contributed by atoms with E-state index in [2.05, 4.69) is 56.9 Å². The third kappa shape index (κ3) is 5.71. The van der Waals surface area contributed by atoms with Crippen LogP contribution >= 0.6 is 0 Å². The minimum absolute atomic E-state index is 0.208. The molecule has 1 saturated heterocycles. The minimum Gasteiger partial charge on any atom is -0.480 e. The van der Waals surface area contributed by atoms with Crippen LogP contribution < -0.4 is 0 Å². The van der Waals surface area contributed by atoms with Gasteiger partial charge in [-0.05, 0) is 92.6 Å². The number of nitrogens with zero attached hydrogens (tertiary/aromatic N) is 2. The van der Waals surface area contributed by atoms with Crippen LogP contribution in [0, 0.1) is 5.92 Å². The third-order valence-corrected chi connectivity index (χ3v) is 8.15. The first-order valence-corrected chi connectivity index (χ1v) is 13.2. The van der Waals surface area contributed by atoms with Crippen LogP contribution in [0.1, 0.15) is 95.8 Å². The Balaban J connectivity index is 1.48. The fourth-order valence-corrected chi connectivity index (χ4v) is 5.72. The first-order chi connectivity index (χ1) is 15.8. The van der Waals surface area contributed by atoms with Gasteiger partial charge in [-0.15, -0.1) is 0 Å². The first-order valence-electron chi connectivity index (χ1n) is 13.2. The molecule has 1 aliphatic carbocycles. The summed E-state index contributed by atoms with van der Waals surface area (Å²) in [4.78, 5) is 7.69. The standard InChI is InChI=1S/C29H44N2O2/c1-28(2)14-15-29(3,4)25-21-23(10-11-24(25)28)26-9-8-20-33-27(30-26)22-12-17-31(18-13-22)16-6-5-7-19-32/h9-11,21-22,32H,5-8,12-20H2,1-4H3. The summed E-state index contributed by atoms with van der Waals surface area (Å²) in [5.74, 6) is 1.38. The SMILES string of the molecule is CC1(C)CCC(C)(C)c2cc(C3=CCCOC(C4CCN(CCCCCO)CC4)=N3)ccc21. The maximum absolute atomic E-state index is 8.97. The predicted octanol–water partition coefficient (Wildman–Crippen LogP) is 6.07. The highest BCUT2D eigenvalue weighted by Crippen LogP contribution is 2.46. The van der Waals surface area contributed by atoms with E-state index < -0.39 is 0 Å². The highest BCUT2D eigenvalue weighted by Gasteiger charge is 2.37. The lowest BCUT2D eigenvalue weighted by atomic mass is 9.63. The smallest absolute Gasteiger partial charge is 0.191 e. The molecule has 3 aliphatic rings. The van der Waals surface area contributed by atoms with Crippen molar-refractivity contribution < 1.29 is 9.84 Å². The van der Waals surface area contributed by atoms with Crippen LogP contribution in [0.15, 0.2) is 29.3 Å². The van der Waals surface area contributed by atoms with Crippen LogP contribution in [0.2, 0.25) is 0 Å². The van der Waals surface area contributed by atoms with Gasteiger partial charge in [0.05, 0.1) is 12.3 Å². The lowest BCUT2D eigenvalue weighted by molar-refractivity contribution is 0.185. The number of hydrogen-bond acceptors (Lipinski definition) is 4. The number of unbranched alkanes of at least 4 members (excludes halogenated alkanes) is 2. The molecule has 33 heavy (non-hydrogen) atoms. The van der Waals surface area contributed by atoms with E-state index in [1.54, 1.807) is 0 Å². The van der Waals surface area contributed by atoms with E-state index in [1.165, 1.54) is 36.0 Å². The zero-order valence-corrected chi connectivity index (χ0v) is 21.3. The normalized spacial score (nSPS) is 23.2. The summed E-state index contributed by atoms with van der Waals surface area (Å²) < 4.78 is 6.18. The second-order valence-corrected chi connectivity index (χ2v) is 11.6. The van der Waals surface area contributed by atoms with Gasteiger partial charge in [0.1, 0.15) is 0 Å². The fraction of sp³-hybridized carbons (Fsp3) is 0.690. The highest BCUT2D eigenvalue weighted by molar-refractivity contribution is 5.86. The summed E-state index contributed by atoms with van der Waals surface area (Å²) in [5.41, 5.74) is 5.78.